The Morgan fingerprint density at radius 1 is 1.59 bits per heavy atom. The Morgan fingerprint density at radius 3 is 2.88 bits per heavy atom. The van der Waals surface area contributed by atoms with Crippen molar-refractivity contribution in [3.8, 4) is 0 Å². The van der Waals surface area contributed by atoms with E-state index in [4.69, 9.17) is 5.11 Å². The van der Waals surface area contributed by atoms with Gasteiger partial charge in [-0.25, -0.2) is 4.79 Å². The molecule has 1 aliphatic rings. The molecular weight excluding hydrogens is 240 g/mol. The van der Waals surface area contributed by atoms with Gasteiger partial charge in [0.05, 0.1) is 11.3 Å². The normalized spacial score (nSPS) is 14.9. The zero-order valence-electron chi connectivity index (χ0n) is 10.1. The molecule has 0 saturated heterocycles. The minimum atomic E-state index is -0.888. The molecule has 2 rings (SSSR count). The second-order valence-electron chi connectivity index (χ2n) is 4.15. The first-order valence-corrected chi connectivity index (χ1v) is 5.57. The van der Waals surface area contributed by atoms with Crippen LogP contribution in [0.1, 0.15) is 34.2 Å². The number of halogens is 1. The van der Waals surface area contributed by atoms with Gasteiger partial charge in [0.15, 0.2) is 0 Å². The fourth-order valence-corrected chi connectivity index (χ4v) is 2.12. The van der Waals surface area contributed by atoms with Crippen molar-refractivity contribution in [1.29, 1.82) is 0 Å². The number of carboxylic acid groups (broad SMARTS) is 1. The molecule has 0 bridgehead atoms. The van der Waals surface area contributed by atoms with Gasteiger partial charge < -0.3 is 5.11 Å². The van der Waals surface area contributed by atoms with Gasteiger partial charge in [-0.05, 0) is 25.1 Å². The van der Waals surface area contributed by atoms with E-state index in [1.807, 2.05) is 0 Å². The summed E-state index contributed by atoms with van der Waals surface area (Å²) in [6.07, 6.45) is 0.921. The Morgan fingerprint density at radius 2 is 2.29 bits per heavy atom. The van der Waals surface area contributed by atoms with Gasteiger partial charge in [-0.2, -0.15) is 0 Å². The van der Waals surface area contributed by atoms with Gasteiger partial charge in [0.2, 0.25) is 0 Å². The SMILES string of the molecule is CCN1CCc2nc(C)c(C(=O)O)cc2C1.Cl. The lowest BCUT2D eigenvalue weighted by molar-refractivity contribution is 0.0695. The van der Waals surface area contributed by atoms with Crippen LogP contribution in [0.3, 0.4) is 0 Å². The smallest absolute Gasteiger partial charge is 0.337 e. The van der Waals surface area contributed by atoms with Crippen LogP contribution in [-0.4, -0.2) is 34.0 Å². The van der Waals surface area contributed by atoms with E-state index in [-0.39, 0.29) is 12.4 Å². The Bertz CT molecular complexity index is 435. The summed E-state index contributed by atoms with van der Waals surface area (Å²) in [6.45, 7) is 6.71. The molecule has 0 radical (unpaired) electrons. The van der Waals surface area contributed by atoms with Gasteiger partial charge in [-0.1, -0.05) is 6.92 Å². The maximum Gasteiger partial charge on any atom is 0.337 e. The number of aromatic nitrogens is 1. The average molecular weight is 257 g/mol. The molecule has 1 aromatic heterocycles. The van der Waals surface area contributed by atoms with E-state index in [1.54, 1.807) is 13.0 Å². The van der Waals surface area contributed by atoms with E-state index in [2.05, 4.69) is 16.8 Å². The molecule has 2 heterocycles. The highest BCUT2D eigenvalue weighted by atomic mass is 35.5. The van der Waals surface area contributed by atoms with Crippen LogP contribution >= 0.6 is 12.4 Å². The Hall–Kier alpha value is -1.13. The summed E-state index contributed by atoms with van der Waals surface area (Å²) in [6, 6.07) is 1.78. The monoisotopic (exact) mass is 256 g/mol. The fourth-order valence-electron chi connectivity index (χ4n) is 2.12. The Kier molecular flexibility index (Phi) is 4.48. The number of likely N-dealkylation sites (N-methyl/N-ethyl adjacent to an activating group) is 1. The van der Waals surface area contributed by atoms with Crippen molar-refractivity contribution in [2.45, 2.75) is 26.8 Å². The van der Waals surface area contributed by atoms with Gasteiger partial charge >= 0.3 is 5.97 Å². The predicted octanol–water partition coefficient (Wildman–Crippen LogP) is 1.89. The number of pyridine rings is 1. The van der Waals surface area contributed by atoms with Gasteiger partial charge in [0.25, 0.3) is 0 Å². The molecule has 94 valence electrons. The number of carboxylic acids is 1. The van der Waals surface area contributed by atoms with Crippen LogP contribution in [-0.2, 0) is 13.0 Å². The first kappa shape index (κ1) is 13.9. The number of hydrogen-bond acceptors (Lipinski definition) is 3. The third-order valence-electron chi connectivity index (χ3n) is 3.12. The third-order valence-corrected chi connectivity index (χ3v) is 3.12. The Labute approximate surface area is 107 Å². The fraction of sp³-hybridized carbons (Fsp3) is 0.500. The lowest BCUT2D eigenvalue weighted by Gasteiger charge is -2.27. The van der Waals surface area contributed by atoms with E-state index < -0.39 is 5.97 Å². The predicted molar refractivity (Wildman–Crippen MR) is 67.8 cm³/mol. The molecule has 1 N–H and O–H groups in total. The van der Waals surface area contributed by atoms with Crippen LogP contribution in [0, 0.1) is 6.92 Å². The number of carbonyl (C=O) groups is 1. The van der Waals surface area contributed by atoms with E-state index in [0.717, 1.165) is 37.3 Å². The van der Waals surface area contributed by atoms with Crippen molar-refractivity contribution in [3.05, 3.63) is 28.6 Å². The number of rotatable bonds is 2. The molecule has 5 heteroatoms. The molecule has 1 aliphatic heterocycles. The lowest BCUT2D eigenvalue weighted by Crippen LogP contribution is -2.31. The zero-order chi connectivity index (χ0) is 11.7. The van der Waals surface area contributed by atoms with Gasteiger partial charge in [0, 0.05) is 25.2 Å². The van der Waals surface area contributed by atoms with Crippen LogP contribution in [0.4, 0.5) is 0 Å². The molecule has 0 aromatic carbocycles. The van der Waals surface area contributed by atoms with E-state index >= 15 is 0 Å². The summed E-state index contributed by atoms with van der Waals surface area (Å²) < 4.78 is 0. The van der Waals surface area contributed by atoms with Gasteiger partial charge in [-0.3, -0.25) is 9.88 Å². The number of aromatic carboxylic acids is 1. The van der Waals surface area contributed by atoms with Crippen LogP contribution in [0.5, 0.6) is 0 Å². The highest BCUT2D eigenvalue weighted by Crippen LogP contribution is 2.20. The molecule has 17 heavy (non-hydrogen) atoms. The molecule has 0 fully saturated rings. The molecule has 4 nitrogen and oxygen atoms in total. The lowest BCUT2D eigenvalue weighted by atomic mass is 10.0. The van der Waals surface area contributed by atoms with Crippen molar-refractivity contribution in [3.63, 3.8) is 0 Å². The summed E-state index contributed by atoms with van der Waals surface area (Å²) in [5.74, 6) is -0.888. The van der Waals surface area contributed by atoms with Crippen molar-refractivity contribution >= 4 is 18.4 Å². The van der Waals surface area contributed by atoms with Gasteiger partial charge in [0.1, 0.15) is 0 Å². The van der Waals surface area contributed by atoms with Crippen LogP contribution in [0.2, 0.25) is 0 Å². The number of nitrogens with zero attached hydrogens (tertiary/aromatic N) is 2. The second kappa shape index (κ2) is 5.47. The second-order valence-corrected chi connectivity index (χ2v) is 4.15. The standard InChI is InChI=1S/C12H16N2O2.ClH/c1-3-14-5-4-11-9(7-14)6-10(12(15)16)8(2)13-11;/h6H,3-5,7H2,1-2H3,(H,15,16);1H. The quantitative estimate of drug-likeness (QED) is 0.878. The van der Waals surface area contributed by atoms with Crippen molar-refractivity contribution in [1.82, 2.24) is 9.88 Å². The average Bonchev–Trinajstić information content (AvgIpc) is 2.27. The summed E-state index contributed by atoms with van der Waals surface area (Å²) >= 11 is 0. The van der Waals surface area contributed by atoms with Crippen LogP contribution in [0.15, 0.2) is 6.07 Å². The van der Waals surface area contributed by atoms with Crippen molar-refractivity contribution in [2.75, 3.05) is 13.1 Å². The molecule has 0 saturated carbocycles. The molecular formula is C12H17ClN2O2. The largest absolute Gasteiger partial charge is 0.478 e. The number of fused-ring (bicyclic) bond motifs is 1. The molecule has 0 aliphatic carbocycles. The zero-order valence-corrected chi connectivity index (χ0v) is 10.9. The molecule has 0 amide bonds. The topological polar surface area (TPSA) is 53.4 Å². The highest BCUT2D eigenvalue weighted by Gasteiger charge is 2.19. The van der Waals surface area contributed by atoms with Crippen LogP contribution in [0.25, 0.3) is 0 Å². The van der Waals surface area contributed by atoms with Crippen molar-refractivity contribution < 1.29 is 9.90 Å². The van der Waals surface area contributed by atoms with Crippen molar-refractivity contribution in [2.24, 2.45) is 0 Å². The first-order valence-electron chi connectivity index (χ1n) is 5.57. The minimum absolute atomic E-state index is 0. The Balaban J connectivity index is 0.00000144. The first-order chi connectivity index (χ1) is 7.61. The van der Waals surface area contributed by atoms with Gasteiger partial charge in [-0.15, -0.1) is 12.4 Å². The highest BCUT2D eigenvalue weighted by molar-refractivity contribution is 5.89. The summed E-state index contributed by atoms with van der Waals surface area (Å²) in [5.41, 5.74) is 3.08. The minimum Gasteiger partial charge on any atom is -0.478 e. The third kappa shape index (κ3) is 2.76. The summed E-state index contributed by atoms with van der Waals surface area (Å²) in [4.78, 5) is 17.7. The van der Waals surface area contributed by atoms with Crippen LogP contribution < -0.4 is 0 Å². The maximum absolute atomic E-state index is 11.0. The molecule has 0 atom stereocenters. The molecule has 0 spiro atoms. The number of hydrogen-bond donors (Lipinski definition) is 1. The van der Waals surface area contributed by atoms with E-state index in [1.165, 1.54) is 0 Å². The summed E-state index contributed by atoms with van der Waals surface area (Å²) in [5, 5.41) is 9.04. The number of aryl methyl sites for hydroxylation is 1. The molecule has 1 aromatic rings. The molecule has 0 unspecified atom stereocenters. The summed E-state index contributed by atoms with van der Waals surface area (Å²) in [7, 11) is 0. The van der Waals surface area contributed by atoms with E-state index in [9.17, 15) is 4.79 Å². The maximum atomic E-state index is 11.0. The van der Waals surface area contributed by atoms with E-state index in [0.29, 0.717) is 11.3 Å².